The van der Waals surface area contributed by atoms with E-state index in [-0.39, 0.29) is 0 Å². The van der Waals surface area contributed by atoms with Gasteiger partial charge in [0.2, 0.25) is 6.43 Å². The summed E-state index contributed by atoms with van der Waals surface area (Å²) in [6.07, 6.45) is -1.98. The van der Waals surface area contributed by atoms with E-state index < -0.39 is 19.0 Å². The van der Waals surface area contributed by atoms with Crippen molar-refractivity contribution in [2.75, 3.05) is 0 Å². The number of rotatable bonds is 5. The molecule has 1 nitrogen and oxygen atoms in total. The number of aryl methyl sites for hydroxylation is 1. The summed E-state index contributed by atoms with van der Waals surface area (Å²) < 4.78 is 24.0. The van der Waals surface area contributed by atoms with Crippen molar-refractivity contribution in [1.82, 2.24) is 0 Å². The van der Waals surface area contributed by atoms with E-state index >= 15 is 0 Å². The molecule has 0 aliphatic heterocycles. The summed E-state index contributed by atoms with van der Waals surface area (Å²) in [5, 5.41) is 9.43. The highest BCUT2D eigenvalue weighted by Crippen LogP contribution is 2.20. The molecule has 1 rings (SSSR count). The molecule has 15 heavy (non-hydrogen) atoms. The number of aliphatic hydroxyl groups is 1. The molecule has 1 atom stereocenters. The van der Waals surface area contributed by atoms with Gasteiger partial charge in [0.05, 0.1) is 6.10 Å². The first kappa shape index (κ1) is 12.1. The van der Waals surface area contributed by atoms with Crippen molar-refractivity contribution >= 4 is 0 Å². The van der Waals surface area contributed by atoms with Gasteiger partial charge >= 0.3 is 0 Å². The monoisotopic (exact) mass is 214 g/mol. The van der Waals surface area contributed by atoms with E-state index in [9.17, 15) is 13.9 Å². The number of halogens is 2. The number of hydrogen-bond acceptors (Lipinski definition) is 1. The van der Waals surface area contributed by atoms with Gasteiger partial charge in [0.1, 0.15) is 0 Å². The fraction of sp³-hybridized carbons (Fsp3) is 0.500. The van der Waals surface area contributed by atoms with Crippen LogP contribution in [0.2, 0.25) is 0 Å². The normalized spacial score (nSPS) is 13.1. The van der Waals surface area contributed by atoms with Crippen LogP contribution in [0.5, 0.6) is 0 Å². The zero-order valence-electron chi connectivity index (χ0n) is 8.79. The second-order valence-corrected chi connectivity index (χ2v) is 3.63. The van der Waals surface area contributed by atoms with Gasteiger partial charge in [-0.25, -0.2) is 8.78 Å². The predicted molar refractivity (Wildman–Crippen MR) is 56.0 cm³/mol. The Balaban J connectivity index is 2.62. The Kier molecular flexibility index (Phi) is 4.69. The summed E-state index contributed by atoms with van der Waals surface area (Å²) in [6, 6.07) is 7.21. The summed E-state index contributed by atoms with van der Waals surface area (Å²) in [4.78, 5) is 0. The lowest BCUT2D eigenvalue weighted by molar-refractivity contribution is 0.0611. The molecule has 84 valence electrons. The van der Waals surface area contributed by atoms with Gasteiger partial charge in [-0.15, -0.1) is 0 Å². The highest BCUT2D eigenvalue weighted by Gasteiger charge is 2.13. The maximum Gasteiger partial charge on any atom is 0.241 e. The van der Waals surface area contributed by atoms with Gasteiger partial charge < -0.3 is 5.11 Å². The molecule has 0 saturated heterocycles. The van der Waals surface area contributed by atoms with Crippen LogP contribution < -0.4 is 0 Å². The van der Waals surface area contributed by atoms with E-state index in [4.69, 9.17) is 0 Å². The largest absolute Gasteiger partial charge is 0.388 e. The van der Waals surface area contributed by atoms with Crippen LogP contribution in [0.4, 0.5) is 8.78 Å². The Morgan fingerprint density at radius 3 is 2.27 bits per heavy atom. The molecule has 0 heterocycles. The summed E-state index contributed by atoms with van der Waals surface area (Å²) in [7, 11) is 0. The number of aliphatic hydroxyl groups excluding tert-OH is 1. The Labute approximate surface area is 88.7 Å². The van der Waals surface area contributed by atoms with Crippen LogP contribution in [0.1, 0.15) is 37.0 Å². The van der Waals surface area contributed by atoms with Crippen LogP contribution in [-0.4, -0.2) is 11.5 Å². The molecule has 0 aliphatic carbocycles. The molecule has 1 aromatic rings. The van der Waals surface area contributed by atoms with Crippen LogP contribution >= 0.6 is 0 Å². The van der Waals surface area contributed by atoms with E-state index in [1.54, 1.807) is 12.1 Å². The lowest BCUT2D eigenvalue weighted by atomic mass is 10.0. The van der Waals surface area contributed by atoms with Crippen molar-refractivity contribution in [2.45, 2.75) is 38.7 Å². The van der Waals surface area contributed by atoms with Crippen LogP contribution in [0.15, 0.2) is 24.3 Å². The number of alkyl halides is 2. The second kappa shape index (κ2) is 5.81. The first-order valence-electron chi connectivity index (χ1n) is 5.18. The van der Waals surface area contributed by atoms with Crippen molar-refractivity contribution in [2.24, 2.45) is 0 Å². The van der Waals surface area contributed by atoms with Crippen LogP contribution in [0.3, 0.4) is 0 Å². The van der Waals surface area contributed by atoms with Gasteiger partial charge in [-0.05, 0) is 17.5 Å². The molecule has 1 unspecified atom stereocenters. The third-order valence-corrected chi connectivity index (χ3v) is 2.30. The van der Waals surface area contributed by atoms with Crippen molar-refractivity contribution < 1.29 is 13.9 Å². The molecular weight excluding hydrogens is 198 g/mol. The minimum Gasteiger partial charge on any atom is -0.388 e. The van der Waals surface area contributed by atoms with Gasteiger partial charge in [0.25, 0.3) is 0 Å². The van der Waals surface area contributed by atoms with Crippen LogP contribution in [0.25, 0.3) is 0 Å². The number of benzene rings is 1. The number of hydrogen-bond donors (Lipinski definition) is 1. The van der Waals surface area contributed by atoms with Gasteiger partial charge in [-0.2, -0.15) is 0 Å². The summed E-state index contributed by atoms with van der Waals surface area (Å²) in [5.41, 5.74) is 1.74. The average Bonchev–Trinajstić information content (AvgIpc) is 2.18. The highest BCUT2D eigenvalue weighted by atomic mass is 19.3. The summed E-state index contributed by atoms with van der Waals surface area (Å²) in [6.45, 7) is 2.08. The molecule has 0 fully saturated rings. The lowest BCUT2D eigenvalue weighted by Gasteiger charge is -2.10. The lowest BCUT2D eigenvalue weighted by Crippen LogP contribution is -2.03. The van der Waals surface area contributed by atoms with E-state index in [1.807, 2.05) is 12.1 Å². The SMILES string of the molecule is CCCc1ccc(C(O)CC(F)F)cc1. The zero-order chi connectivity index (χ0) is 11.3. The fourth-order valence-corrected chi connectivity index (χ4v) is 1.50. The van der Waals surface area contributed by atoms with Gasteiger partial charge in [0.15, 0.2) is 0 Å². The molecule has 0 amide bonds. The second-order valence-electron chi connectivity index (χ2n) is 3.63. The van der Waals surface area contributed by atoms with Gasteiger partial charge in [-0.3, -0.25) is 0 Å². The minimum atomic E-state index is -2.46. The van der Waals surface area contributed by atoms with E-state index in [2.05, 4.69) is 6.92 Å². The smallest absolute Gasteiger partial charge is 0.241 e. The maximum atomic E-state index is 12.0. The Morgan fingerprint density at radius 1 is 1.20 bits per heavy atom. The Bertz CT molecular complexity index is 282. The first-order valence-corrected chi connectivity index (χ1v) is 5.18. The predicted octanol–water partition coefficient (Wildman–Crippen LogP) is 3.33. The van der Waals surface area contributed by atoms with Gasteiger partial charge in [0, 0.05) is 6.42 Å². The average molecular weight is 214 g/mol. The molecule has 0 bridgehead atoms. The van der Waals surface area contributed by atoms with Crippen molar-refractivity contribution in [3.8, 4) is 0 Å². The molecule has 1 aromatic carbocycles. The molecule has 0 aromatic heterocycles. The summed E-state index contributed by atoms with van der Waals surface area (Å²) >= 11 is 0. The minimum absolute atomic E-state index is 0.493. The van der Waals surface area contributed by atoms with Gasteiger partial charge in [-0.1, -0.05) is 37.6 Å². The van der Waals surface area contributed by atoms with E-state index in [0.29, 0.717) is 5.56 Å². The zero-order valence-corrected chi connectivity index (χ0v) is 8.79. The quantitative estimate of drug-likeness (QED) is 0.797. The Morgan fingerprint density at radius 2 is 1.80 bits per heavy atom. The molecule has 0 radical (unpaired) electrons. The van der Waals surface area contributed by atoms with E-state index in [1.165, 1.54) is 5.56 Å². The topological polar surface area (TPSA) is 20.2 Å². The van der Waals surface area contributed by atoms with E-state index in [0.717, 1.165) is 12.8 Å². The fourth-order valence-electron chi connectivity index (χ4n) is 1.50. The standard InChI is InChI=1S/C12H16F2O/c1-2-3-9-4-6-10(7-5-9)11(15)8-12(13)14/h4-7,11-12,15H,2-3,8H2,1H3. The molecule has 1 N–H and O–H groups in total. The van der Waals surface area contributed by atoms with Crippen molar-refractivity contribution in [3.63, 3.8) is 0 Å². The summed E-state index contributed by atoms with van der Waals surface area (Å²) in [5.74, 6) is 0. The third-order valence-electron chi connectivity index (χ3n) is 2.30. The highest BCUT2D eigenvalue weighted by molar-refractivity contribution is 5.24. The van der Waals surface area contributed by atoms with Crippen LogP contribution in [-0.2, 0) is 6.42 Å². The molecule has 0 saturated carbocycles. The molecular formula is C12H16F2O. The first-order chi connectivity index (χ1) is 7.13. The van der Waals surface area contributed by atoms with Crippen molar-refractivity contribution in [3.05, 3.63) is 35.4 Å². The molecule has 0 aliphatic rings. The maximum absolute atomic E-state index is 12.0. The van der Waals surface area contributed by atoms with Crippen LogP contribution in [0, 0.1) is 0 Å². The molecule has 0 spiro atoms. The Hall–Kier alpha value is -0.960. The van der Waals surface area contributed by atoms with Crippen molar-refractivity contribution in [1.29, 1.82) is 0 Å². The molecule has 3 heteroatoms. The third kappa shape index (κ3) is 3.96.